The normalized spacial score (nSPS) is 16.4. The zero-order valence-electron chi connectivity index (χ0n) is 10.3. The average molecular weight is 315 g/mol. The van der Waals surface area contributed by atoms with Crippen molar-refractivity contribution in [3.05, 3.63) is 33.8 Å². The second kappa shape index (κ2) is 5.39. The van der Waals surface area contributed by atoms with E-state index in [0.29, 0.717) is 35.0 Å². The van der Waals surface area contributed by atoms with Crippen molar-refractivity contribution in [2.24, 2.45) is 0 Å². The molecule has 0 amide bonds. The summed E-state index contributed by atoms with van der Waals surface area (Å²) in [5.74, 6) is -0.379. The van der Waals surface area contributed by atoms with E-state index in [2.05, 4.69) is 15.9 Å². The number of hydrogen-bond acceptors (Lipinski definition) is 2. The van der Waals surface area contributed by atoms with Crippen LogP contribution in [0.15, 0.2) is 22.7 Å². The van der Waals surface area contributed by atoms with Gasteiger partial charge in [0.25, 0.3) is 0 Å². The number of carbonyl (C=O) groups excluding carboxylic acids is 1. The largest absolute Gasteiger partial charge is 0.462 e. The Labute approximate surface area is 115 Å². The van der Waals surface area contributed by atoms with Crippen molar-refractivity contribution in [1.29, 1.82) is 0 Å². The standard InChI is InChI=1S/C14H16BrFO2/c1-2-3-6-18-13(17)10-7-11(9-12(15)8-10)14(16)4-5-14/h7-9H,2-6H2,1H3. The summed E-state index contributed by atoms with van der Waals surface area (Å²) >= 11 is 3.31. The number of benzene rings is 1. The minimum absolute atomic E-state index is 0.379. The van der Waals surface area contributed by atoms with Crippen molar-refractivity contribution in [2.45, 2.75) is 38.3 Å². The summed E-state index contributed by atoms with van der Waals surface area (Å²) in [5.41, 5.74) is -0.249. The number of alkyl halides is 1. The molecule has 1 aliphatic rings. The van der Waals surface area contributed by atoms with Crippen LogP contribution >= 0.6 is 15.9 Å². The molecule has 0 aliphatic heterocycles. The Kier molecular flexibility index (Phi) is 4.05. The number of unbranched alkanes of at least 4 members (excludes halogenated alkanes) is 1. The number of hydrogen-bond donors (Lipinski definition) is 0. The summed E-state index contributed by atoms with van der Waals surface area (Å²) in [7, 11) is 0. The molecule has 0 unspecified atom stereocenters. The molecule has 1 saturated carbocycles. The first-order chi connectivity index (χ1) is 8.55. The molecule has 0 spiro atoms. The van der Waals surface area contributed by atoms with Crippen LogP contribution < -0.4 is 0 Å². The highest BCUT2D eigenvalue weighted by Gasteiger charge is 2.45. The molecule has 4 heteroatoms. The highest BCUT2D eigenvalue weighted by Crippen LogP contribution is 2.50. The molecule has 0 heterocycles. The fourth-order valence-electron chi connectivity index (χ4n) is 1.76. The van der Waals surface area contributed by atoms with Gasteiger partial charge in [0, 0.05) is 4.47 Å². The zero-order valence-corrected chi connectivity index (χ0v) is 11.9. The Bertz CT molecular complexity index is 455. The third kappa shape index (κ3) is 3.10. The third-order valence-corrected chi connectivity index (χ3v) is 3.53. The van der Waals surface area contributed by atoms with Gasteiger partial charge in [0.15, 0.2) is 0 Å². The van der Waals surface area contributed by atoms with Gasteiger partial charge in [-0.1, -0.05) is 29.3 Å². The third-order valence-electron chi connectivity index (χ3n) is 3.07. The van der Waals surface area contributed by atoms with Crippen molar-refractivity contribution in [3.63, 3.8) is 0 Å². The quantitative estimate of drug-likeness (QED) is 0.596. The topological polar surface area (TPSA) is 26.3 Å². The van der Waals surface area contributed by atoms with Crippen LogP contribution in [0.3, 0.4) is 0 Å². The smallest absolute Gasteiger partial charge is 0.338 e. The monoisotopic (exact) mass is 314 g/mol. The summed E-state index contributed by atoms with van der Waals surface area (Å²) in [5, 5.41) is 0. The Morgan fingerprint density at radius 1 is 1.44 bits per heavy atom. The maximum Gasteiger partial charge on any atom is 0.338 e. The molecule has 1 fully saturated rings. The summed E-state index contributed by atoms with van der Waals surface area (Å²) in [4.78, 5) is 11.8. The van der Waals surface area contributed by atoms with Crippen molar-refractivity contribution in [1.82, 2.24) is 0 Å². The highest BCUT2D eigenvalue weighted by molar-refractivity contribution is 9.10. The highest BCUT2D eigenvalue weighted by atomic mass is 79.9. The molecule has 1 aromatic rings. The SMILES string of the molecule is CCCCOC(=O)c1cc(Br)cc(C2(F)CC2)c1. The maximum atomic E-state index is 14.0. The van der Waals surface area contributed by atoms with Crippen molar-refractivity contribution < 1.29 is 13.9 Å². The summed E-state index contributed by atoms with van der Waals surface area (Å²) < 4.78 is 19.8. The molecule has 0 N–H and O–H groups in total. The first-order valence-electron chi connectivity index (χ1n) is 6.22. The van der Waals surface area contributed by atoms with E-state index in [1.165, 1.54) is 0 Å². The van der Waals surface area contributed by atoms with Crippen LogP contribution in [-0.4, -0.2) is 12.6 Å². The second-order valence-corrected chi connectivity index (χ2v) is 5.60. The van der Waals surface area contributed by atoms with E-state index in [0.717, 1.165) is 12.8 Å². The number of esters is 1. The first kappa shape index (κ1) is 13.5. The molecule has 98 valence electrons. The lowest BCUT2D eigenvalue weighted by molar-refractivity contribution is 0.0499. The molecule has 0 aromatic heterocycles. The molecule has 0 saturated heterocycles. The molecule has 0 bridgehead atoms. The van der Waals surface area contributed by atoms with Crippen molar-refractivity contribution in [2.75, 3.05) is 6.61 Å². The van der Waals surface area contributed by atoms with Gasteiger partial charge in [-0.25, -0.2) is 9.18 Å². The maximum absolute atomic E-state index is 14.0. The van der Waals surface area contributed by atoms with Crippen molar-refractivity contribution >= 4 is 21.9 Å². The van der Waals surface area contributed by atoms with E-state index < -0.39 is 5.67 Å². The molecule has 2 nitrogen and oxygen atoms in total. The Morgan fingerprint density at radius 2 is 2.17 bits per heavy atom. The van der Waals surface area contributed by atoms with Crippen LogP contribution in [0.5, 0.6) is 0 Å². The number of rotatable bonds is 5. The fourth-order valence-corrected chi connectivity index (χ4v) is 2.25. The molecule has 18 heavy (non-hydrogen) atoms. The number of ether oxygens (including phenoxy) is 1. The molecule has 2 rings (SSSR count). The van der Waals surface area contributed by atoms with E-state index in [-0.39, 0.29) is 5.97 Å². The number of carbonyl (C=O) groups is 1. The van der Waals surface area contributed by atoms with E-state index in [9.17, 15) is 9.18 Å². The minimum Gasteiger partial charge on any atom is -0.462 e. The van der Waals surface area contributed by atoms with Gasteiger partial charge in [0.2, 0.25) is 0 Å². The lowest BCUT2D eigenvalue weighted by atomic mass is 10.1. The second-order valence-electron chi connectivity index (χ2n) is 4.68. The van der Waals surface area contributed by atoms with Gasteiger partial charge in [-0.2, -0.15) is 0 Å². The predicted molar refractivity (Wildman–Crippen MR) is 71.4 cm³/mol. The Balaban J connectivity index is 2.12. The van der Waals surface area contributed by atoms with Gasteiger partial charge < -0.3 is 4.74 Å². The van der Waals surface area contributed by atoms with Crippen LogP contribution in [0.2, 0.25) is 0 Å². The van der Waals surface area contributed by atoms with Crippen molar-refractivity contribution in [3.8, 4) is 0 Å². The predicted octanol–water partition coefficient (Wildman–Crippen LogP) is 4.36. The van der Waals surface area contributed by atoms with Gasteiger partial charge in [-0.05, 0) is 43.0 Å². The van der Waals surface area contributed by atoms with Crippen LogP contribution in [0.25, 0.3) is 0 Å². The first-order valence-corrected chi connectivity index (χ1v) is 7.01. The van der Waals surface area contributed by atoms with E-state index in [4.69, 9.17) is 4.74 Å². The molecule has 0 atom stereocenters. The average Bonchev–Trinajstić information content (AvgIpc) is 3.08. The molecule has 0 radical (unpaired) electrons. The van der Waals surface area contributed by atoms with Crippen LogP contribution in [0.1, 0.15) is 48.5 Å². The van der Waals surface area contributed by atoms with Gasteiger partial charge in [0.05, 0.1) is 12.2 Å². The lowest BCUT2D eigenvalue weighted by Crippen LogP contribution is -2.08. The van der Waals surface area contributed by atoms with Gasteiger partial charge in [-0.3, -0.25) is 0 Å². The van der Waals surface area contributed by atoms with E-state index >= 15 is 0 Å². The fraction of sp³-hybridized carbons (Fsp3) is 0.500. The summed E-state index contributed by atoms with van der Waals surface area (Å²) in [6, 6.07) is 5.01. The van der Waals surface area contributed by atoms with E-state index in [1.54, 1.807) is 18.2 Å². The molecule has 1 aromatic carbocycles. The Morgan fingerprint density at radius 3 is 2.78 bits per heavy atom. The van der Waals surface area contributed by atoms with Crippen LogP contribution in [0.4, 0.5) is 4.39 Å². The molecule has 1 aliphatic carbocycles. The number of halogens is 2. The Hall–Kier alpha value is -0.900. The van der Waals surface area contributed by atoms with E-state index in [1.807, 2.05) is 6.92 Å². The lowest BCUT2D eigenvalue weighted by Gasteiger charge is -2.09. The zero-order chi connectivity index (χ0) is 13.2. The summed E-state index contributed by atoms with van der Waals surface area (Å²) in [6.45, 7) is 2.45. The van der Waals surface area contributed by atoms with Gasteiger partial charge >= 0.3 is 5.97 Å². The van der Waals surface area contributed by atoms with Crippen LogP contribution in [0, 0.1) is 0 Å². The minimum atomic E-state index is -1.23. The molecular formula is C14H16BrFO2. The molecular weight excluding hydrogens is 299 g/mol. The van der Waals surface area contributed by atoms with Gasteiger partial charge in [0.1, 0.15) is 5.67 Å². The van der Waals surface area contributed by atoms with Gasteiger partial charge in [-0.15, -0.1) is 0 Å². The van der Waals surface area contributed by atoms with Crippen LogP contribution in [-0.2, 0) is 10.4 Å². The summed E-state index contributed by atoms with van der Waals surface area (Å²) in [6.07, 6.45) is 2.89.